The lowest BCUT2D eigenvalue weighted by molar-refractivity contribution is 0.0702. The molecule has 0 saturated carbocycles. The molecule has 0 aliphatic carbocycles. The fourth-order valence-electron chi connectivity index (χ4n) is 2.35. The number of hydrogen-bond acceptors (Lipinski definition) is 4. The Balaban J connectivity index is 2.32. The topological polar surface area (TPSA) is 74.7 Å². The van der Waals surface area contributed by atoms with E-state index in [1.165, 1.54) is 10.4 Å². The van der Waals surface area contributed by atoms with Gasteiger partial charge in [-0.15, -0.1) is 11.3 Å². The van der Waals surface area contributed by atoms with E-state index in [9.17, 15) is 13.2 Å². The van der Waals surface area contributed by atoms with Gasteiger partial charge in [0.15, 0.2) is 0 Å². The van der Waals surface area contributed by atoms with Crippen molar-refractivity contribution in [2.75, 3.05) is 13.1 Å². The molecular formula is C12H16BrNO4S2. The van der Waals surface area contributed by atoms with E-state index in [-0.39, 0.29) is 9.77 Å². The van der Waals surface area contributed by atoms with Gasteiger partial charge in [0, 0.05) is 13.1 Å². The first kappa shape index (κ1) is 15.9. The maximum atomic E-state index is 12.6. The Morgan fingerprint density at radius 1 is 1.60 bits per heavy atom. The lowest BCUT2D eigenvalue weighted by Crippen LogP contribution is -2.39. The number of piperidine rings is 1. The molecule has 0 amide bonds. The van der Waals surface area contributed by atoms with Crippen LogP contribution in [-0.2, 0) is 10.0 Å². The molecule has 0 spiro atoms. The van der Waals surface area contributed by atoms with Crippen LogP contribution in [0.15, 0.2) is 14.7 Å². The number of carbonyl (C=O) groups is 1. The summed E-state index contributed by atoms with van der Waals surface area (Å²) in [5.41, 5.74) is 0. The second-order valence-electron chi connectivity index (χ2n) is 4.83. The van der Waals surface area contributed by atoms with E-state index in [4.69, 9.17) is 5.11 Å². The molecule has 1 aliphatic heterocycles. The standard InChI is InChI=1S/C12H16BrNO4S2/c1-2-8-4-3-5-14(7-8)20(17,18)10-6-9(12(15)16)19-11(10)13/h6,8H,2-5,7H2,1H3,(H,15,16). The highest BCUT2D eigenvalue weighted by molar-refractivity contribution is 9.11. The van der Waals surface area contributed by atoms with Gasteiger partial charge in [-0.2, -0.15) is 4.31 Å². The van der Waals surface area contributed by atoms with E-state index in [0.717, 1.165) is 30.6 Å². The van der Waals surface area contributed by atoms with Crippen LogP contribution in [0.5, 0.6) is 0 Å². The molecule has 8 heteroatoms. The first-order valence-corrected chi connectivity index (χ1v) is 9.44. The first-order valence-electron chi connectivity index (χ1n) is 6.39. The minimum Gasteiger partial charge on any atom is -0.477 e. The maximum Gasteiger partial charge on any atom is 0.345 e. The van der Waals surface area contributed by atoms with E-state index < -0.39 is 16.0 Å². The molecule has 1 atom stereocenters. The smallest absolute Gasteiger partial charge is 0.345 e. The fraction of sp³-hybridized carbons (Fsp3) is 0.583. The average Bonchev–Trinajstić information content (AvgIpc) is 2.82. The van der Waals surface area contributed by atoms with Gasteiger partial charge < -0.3 is 5.11 Å². The molecule has 112 valence electrons. The molecule has 0 aromatic carbocycles. The van der Waals surface area contributed by atoms with Crippen molar-refractivity contribution in [2.24, 2.45) is 5.92 Å². The molecule has 2 rings (SSSR count). The summed E-state index contributed by atoms with van der Waals surface area (Å²) in [6, 6.07) is 1.24. The van der Waals surface area contributed by atoms with Gasteiger partial charge in [0.25, 0.3) is 0 Å². The minimum atomic E-state index is -3.61. The Hall–Kier alpha value is -0.440. The summed E-state index contributed by atoms with van der Waals surface area (Å²) >= 11 is 4.10. The molecule has 0 radical (unpaired) electrons. The monoisotopic (exact) mass is 381 g/mol. The molecule has 1 aromatic heterocycles. The number of sulfonamides is 1. The van der Waals surface area contributed by atoms with Gasteiger partial charge >= 0.3 is 5.97 Å². The number of carboxylic acid groups (broad SMARTS) is 1. The van der Waals surface area contributed by atoms with Crippen LogP contribution < -0.4 is 0 Å². The molecule has 1 aromatic rings. The molecular weight excluding hydrogens is 366 g/mol. The zero-order valence-electron chi connectivity index (χ0n) is 11.0. The van der Waals surface area contributed by atoms with Crippen molar-refractivity contribution in [3.8, 4) is 0 Å². The molecule has 5 nitrogen and oxygen atoms in total. The van der Waals surface area contributed by atoms with Crippen molar-refractivity contribution in [1.82, 2.24) is 4.31 Å². The Morgan fingerprint density at radius 2 is 2.30 bits per heavy atom. The second kappa shape index (κ2) is 6.13. The van der Waals surface area contributed by atoms with Crippen molar-refractivity contribution < 1.29 is 18.3 Å². The summed E-state index contributed by atoms with van der Waals surface area (Å²) in [4.78, 5) is 11.0. The van der Waals surface area contributed by atoms with Crippen molar-refractivity contribution in [3.63, 3.8) is 0 Å². The summed E-state index contributed by atoms with van der Waals surface area (Å²) in [5, 5.41) is 8.96. The lowest BCUT2D eigenvalue weighted by Gasteiger charge is -2.31. The highest BCUT2D eigenvalue weighted by Gasteiger charge is 2.32. The van der Waals surface area contributed by atoms with Crippen molar-refractivity contribution in [2.45, 2.75) is 31.1 Å². The van der Waals surface area contributed by atoms with Crippen LogP contribution >= 0.6 is 27.3 Å². The zero-order valence-corrected chi connectivity index (χ0v) is 14.2. The molecule has 20 heavy (non-hydrogen) atoms. The molecule has 1 saturated heterocycles. The Labute approximate surface area is 130 Å². The van der Waals surface area contributed by atoms with Crippen LogP contribution in [0.25, 0.3) is 0 Å². The van der Waals surface area contributed by atoms with Crippen LogP contribution in [-0.4, -0.2) is 36.9 Å². The normalized spacial score (nSPS) is 21.0. The van der Waals surface area contributed by atoms with Crippen LogP contribution in [0.3, 0.4) is 0 Å². The molecule has 1 fully saturated rings. The van der Waals surface area contributed by atoms with Gasteiger partial charge in [-0.25, -0.2) is 13.2 Å². The van der Waals surface area contributed by atoms with Gasteiger partial charge in [0.05, 0.1) is 3.79 Å². The van der Waals surface area contributed by atoms with Gasteiger partial charge in [-0.05, 0) is 40.8 Å². The molecule has 2 heterocycles. The Morgan fingerprint density at radius 3 is 2.85 bits per heavy atom. The van der Waals surface area contributed by atoms with E-state index in [1.54, 1.807) is 0 Å². The van der Waals surface area contributed by atoms with E-state index in [2.05, 4.69) is 22.9 Å². The van der Waals surface area contributed by atoms with Crippen LogP contribution in [0.1, 0.15) is 35.9 Å². The fourth-order valence-corrected chi connectivity index (χ4v) is 6.26. The molecule has 1 N–H and O–H groups in total. The van der Waals surface area contributed by atoms with Gasteiger partial charge in [-0.1, -0.05) is 13.3 Å². The summed E-state index contributed by atoms with van der Waals surface area (Å²) in [6.07, 6.45) is 2.86. The zero-order chi connectivity index (χ0) is 14.9. The lowest BCUT2D eigenvalue weighted by atomic mass is 9.97. The first-order chi connectivity index (χ1) is 9.36. The van der Waals surface area contributed by atoms with Gasteiger partial charge in [0.1, 0.15) is 9.77 Å². The van der Waals surface area contributed by atoms with Crippen molar-refractivity contribution in [3.05, 3.63) is 14.7 Å². The van der Waals surface area contributed by atoms with Crippen molar-refractivity contribution in [1.29, 1.82) is 0 Å². The summed E-state index contributed by atoms with van der Waals surface area (Å²) < 4.78 is 27.1. The number of thiophene rings is 1. The third-order valence-electron chi connectivity index (χ3n) is 3.54. The largest absolute Gasteiger partial charge is 0.477 e. The quantitative estimate of drug-likeness (QED) is 0.869. The summed E-state index contributed by atoms with van der Waals surface area (Å²) in [6.45, 7) is 3.08. The minimum absolute atomic E-state index is 0.0273. The molecule has 1 aliphatic rings. The van der Waals surface area contributed by atoms with E-state index in [1.807, 2.05) is 0 Å². The van der Waals surface area contributed by atoms with Crippen molar-refractivity contribution >= 4 is 43.3 Å². The predicted octanol–water partition coefficient (Wildman–Crippen LogP) is 3.02. The van der Waals surface area contributed by atoms with Crippen LogP contribution in [0, 0.1) is 5.92 Å². The average molecular weight is 382 g/mol. The summed E-state index contributed by atoms with van der Waals surface area (Å²) in [7, 11) is -3.61. The second-order valence-corrected chi connectivity index (χ2v) is 9.11. The van der Waals surface area contributed by atoms with Crippen LogP contribution in [0.4, 0.5) is 0 Å². The molecule has 0 bridgehead atoms. The highest BCUT2D eigenvalue weighted by atomic mass is 79.9. The van der Waals surface area contributed by atoms with Gasteiger partial charge in [-0.3, -0.25) is 0 Å². The number of hydrogen-bond donors (Lipinski definition) is 1. The third-order valence-corrected chi connectivity index (χ3v) is 7.65. The van der Waals surface area contributed by atoms with Gasteiger partial charge in [0.2, 0.25) is 10.0 Å². The predicted molar refractivity (Wildman–Crippen MR) is 80.8 cm³/mol. The highest BCUT2D eigenvalue weighted by Crippen LogP contribution is 2.35. The van der Waals surface area contributed by atoms with Crippen LogP contribution in [0.2, 0.25) is 0 Å². The number of halogens is 1. The maximum absolute atomic E-state index is 12.6. The Bertz CT molecular complexity index is 611. The van der Waals surface area contributed by atoms with E-state index >= 15 is 0 Å². The molecule has 1 unspecified atom stereocenters. The number of nitrogens with zero attached hydrogens (tertiary/aromatic N) is 1. The summed E-state index contributed by atoms with van der Waals surface area (Å²) in [5.74, 6) is -0.725. The number of rotatable bonds is 4. The Kier molecular flexibility index (Phi) is 4.88. The SMILES string of the molecule is CCC1CCCN(S(=O)(=O)c2cc(C(=O)O)sc2Br)C1. The third kappa shape index (κ3) is 3.08. The van der Waals surface area contributed by atoms with E-state index in [0.29, 0.717) is 22.8 Å². The number of aromatic carboxylic acids is 1. The number of carboxylic acids is 1.